The molecule has 1 aliphatic rings. The Labute approximate surface area is 116 Å². The molecule has 4 heteroatoms. The number of carbonyl (C=O) groups excluding carboxylic acids is 2. The fraction of sp³-hybridized carbons (Fsp3) is 0.0625. The van der Waals surface area contributed by atoms with E-state index in [9.17, 15) is 9.59 Å². The lowest BCUT2D eigenvalue weighted by molar-refractivity contribution is -0.132. The molecule has 0 saturated heterocycles. The van der Waals surface area contributed by atoms with E-state index in [1.165, 1.54) is 0 Å². The first kappa shape index (κ1) is 12.3. The van der Waals surface area contributed by atoms with Gasteiger partial charge in [-0.3, -0.25) is 9.59 Å². The van der Waals surface area contributed by atoms with Crippen molar-refractivity contribution >= 4 is 23.1 Å². The van der Waals surface area contributed by atoms with Crippen LogP contribution in [0.4, 0.5) is 5.69 Å². The molecule has 20 heavy (non-hydrogen) atoms. The van der Waals surface area contributed by atoms with E-state index in [1.807, 2.05) is 54.6 Å². The number of amides is 1. The van der Waals surface area contributed by atoms with Gasteiger partial charge >= 0.3 is 0 Å². The fourth-order valence-electron chi connectivity index (χ4n) is 2.47. The van der Waals surface area contributed by atoms with Crippen molar-refractivity contribution in [3.63, 3.8) is 0 Å². The molecule has 1 unspecified atom stereocenters. The molecule has 0 spiro atoms. The Bertz CT molecular complexity index is 720. The van der Waals surface area contributed by atoms with Crippen LogP contribution in [-0.4, -0.2) is 17.4 Å². The van der Waals surface area contributed by atoms with Crippen molar-refractivity contribution in [1.29, 1.82) is 0 Å². The molecule has 1 atom stereocenters. The van der Waals surface area contributed by atoms with Gasteiger partial charge in [0, 0.05) is 0 Å². The van der Waals surface area contributed by atoms with Crippen LogP contribution in [0.1, 0.15) is 17.0 Å². The first-order valence-corrected chi connectivity index (χ1v) is 6.25. The van der Waals surface area contributed by atoms with Crippen LogP contribution < -0.4 is 5.73 Å². The Kier molecular flexibility index (Phi) is 2.91. The second-order valence-electron chi connectivity index (χ2n) is 4.59. The Morgan fingerprint density at radius 1 is 0.950 bits per heavy atom. The van der Waals surface area contributed by atoms with E-state index in [4.69, 9.17) is 5.73 Å². The Hall–Kier alpha value is -2.75. The number of hydrogen-bond acceptors (Lipinski definition) is 3. The molecule has 2 N–H and O–H groups in total. The Balaban J connectivity index is 2.15. The normalized spacial score (nSPS) is 16.4. The number of nitrogens with two attached hydrogens (primary N) is 1. The number of primary amides is 1. The Morgan fingerprint density at radius 2 is 1.60 bits per heavy atom. The van der Waals surface area contributed by atoms with Gasteiger partial charge in [0.1, 0.15) is 5.71 Å². The van der Waals surface area contributed by atoms with Crippen LogP contribution in [0, 0.1) is 0 Å². The van der Waals surface area contributed by atoms with Crippen molar-refractivity contribution in [2.75, 3.05) is 0 Å². The second-order valence-corrected chi connectivity index (χ2v) is 4.59. The largest absolute Gasteiger partial charge is 0.363 e. The van der Waals surface area contributed by atoms with E-state index in [0.29, 0.717) is 5.69 Å². The monoisotopic (exact) mass is 264 g/mol. The highest BCUT2D eigenvalue weighted by Gasteiger charge is 2.34. The van der Waals surface area contributed by atoms with Crippen molar-refractivity contribution in [1.82, 2.24) is 0 Å². The van der Waals surface area contributed by atoms with Gasteiger partial charge in [-0.15, -0.1) is 0 Å². The number of carbonyl (C=O) groups is 2. The molecule has 0 bridgehead atoms. The molecule has 0 radical (unpaired) electrons. The lowest BCUT2D eigenvalue weighted by atomic mass is 9.87. The summed E-state index contributed by atoms with van der Waals surface area (Å²) in [6.45, 7) is 0. The molecule has 1 aliphatic heterocycles. The zero-order valence-electron chi connectivity index (χ0n) is 10.6. The van der Waals surface area contributed by atoms with Crippen LogP contribution in [0.25, 0.3) is 0 Å². The van der Waals surface area contributed by atoms with Crippen LogP contribution in [0.3, 0.4) is 0 Å². The summed E-state index contributed by atoms with van der Waals surface area (Å²) in [6, 6.07) is 17.0. The van der Waals surface area contributed by atoms with Crippen molar-refractivity contribution in [2.45, 2.75) is 5.92 Å². The molecule has 98 valence electrons. The van der Waals surface area contributed by atoms with Gasteiger partial charge in [0.15, 0.2) is 0 Å². The zero-order valence-corrected chi connectivity index (χ0v) is 10.6. The standard InChI is InChI=1S/C16H12N2O2/c17-16(20)15(19)14-13(10-6-2-1-3-7-10)11-8-4-5-9-12(11)18-14/h1-9,13H,(H2,17,20). The summed E-state index contributed by atoms with van der Waals surface area (Å²) in [5.74, 6) is -2.03. The predicted octanol–water partition coefficient (Wildman–Crippen LogP) is 1.96. The van der Waals surface area contributed by atoms with Gasteiger partial charge in [-0.2, -0.15) is 0 Å². The molecule has 2 aromatic rings. The number of para-hydroxylation sites is 1. The van der Waals surface area contributed by atoms with Crippen LogP contribution in [0.15, 0.2) is 59.6 Å². The van der Waals surface area contributed by atoms with E-state index in [1.54, 1.807) is 0 Å². The summed E-state index contributed by atoms with van der Waals surface area (Å²) < 4.78 is 0. The zero-order chi connectivity index (χ0) is 14.1. The highest BCUT2D eigenvalue weighted by atomic mass is 16.2. The van der Waals surface area contributed by atoms with E-state index in [-0.39, 0.29) is 11.6 Å². The van der Waals surface area contributed by atoms with Crippen LogP contribution in [0.2, 0.25) is 0 Å². The van der Waals surface area contributed by atoms with Gasteiger partial charge < -0.3 is 5.73 Å². The van der Waals surface area contributed by atoms with Crippen LogP contribution in [0.5, 0.6) is 0 Å². The van der Waals surface area contributed by atoms with Crippen LogP contribution >= 0.6 is 0 Å². The topological polar surface area (TPSA) is 72.5 Å². The maximum atomic E-state index is 12.0. The van der Waals surface area contributed by atoms with Crippen molar-refractivity contribution < 1.29 is 9.59 Å². The number of nitrogens with zero attached hydrogens (tertiary/aromatic N) is 1. The maximum absolute atomic E-state index is 12.0. The minimum atomic E-state index is -0.975. The average Bonchev–Trinajstić information content (AvgIpc) is 2.86. The van der Waals surface area contributed by atoms with E-state index >= 15 is 0 Å². The lowest BCUT2D eigenvalue weighted by Crippen LogP contribution is -2.32. The third-order valence-electron chi connectivity index (χ3n) is 3.35. The number of Topliss-reactive ketones (excluding diaryl/α,β-unsaturated/α-hetero) is 1. The van der Waals surface area contributed by atoms with Gasteiger partial charge in [-0.05, 0) is 17.2 Å². The third kappa shape index (κ3) is 1.91. The number of ketones is 1. The molecular weight excluding hydrogens is 252 g/mol. The smallest absolute Gasteiger partial charge is 0.291 e. The van der Waals surface area contributed by atoms with Crippen molar-refractivity contribution in [3.8, 4) is 0 Å². The average molecular weight is 264 g/mol. The highest BCUT2D eigenvalue weighted by Crippen LogP contribution is 2.39. The van der Waals surface area contributed by atoms with E-state index in [2.05, 4.69) is 4.99 Å². The van der Waals surface area contributed by atoms with Gasteiger partial charge in [-0.25, -0.2) is 4.99 Å². The van der Waals surface area contributed by atoms with Gasteiger partial charge in [0.2, 0.25) is 0 Å². The second kappa shape index (κ2) is 4.74. The van der Waals surface area contributed by atoms with Crippen molar-refractivity contribution in [2.24, 2.45) is 10.7 Å². The van der Waals surface area contributed by atoms with Crippen LogP contribution in [-0.2, 0) is 9.59 Å². The van der Waals surface area contributed by atoms with E-state index < -0.39 is 11.7 Å². The molecule has 1 heterocycles. The molecule has 0 saturated carbocycles. The Morgan fingerprint density at radius 3 is 2.30 bits per heavy atom. The summed E-state index contributed by atoms with van der Waals surface area (Å²) in [5.41, 5.74) is 7.88. The predicted molar refractivity (Wildman–Crippen MR) is 76.0 cm³/mol. The first-order chi connectivity index (χ1) is 9.68. The van der Waals surface area contributed by atoms with Gasteiger partial charge in [0.05, 0.1) is 11.6 Å². The van der Waals surface area contributed by atoms with Gasteiger partial charge in [-0.1, -0.05) is 48.5 Å². The highest BCUT2D eigenvalue weighted by molar-refractivity contribution is 6.66. The quantitative estimate of drug-likeness (QED) is 0.861. The van der Waals surface area contributed by atoms with E-state index in [0.717, 1.165) is 11.1 Å². The molecule has 2 aromatic carbocycles. The minimum Gasteiger partial charge on any atom is -0.363 e. The summed E-state index contributed by atoms with van der Waals surface area (Å²) in [6.07, 6.45) is 0. The van der Waals surface area contributed by atoms with Gasteiger partial charge in [0.25, 0.3) is 11.7 Å². The maximum Gasteiger partial charge on any atom is 0.291 e. The number of aliphatic imine (C=N–C) groups is 1. The number of benzene rings is 2. The minimum absolute atomic E-state index is 0.199. The molecule has 0 fully saturated rings. The SMILES string of the molecule is NC(=O)C(=O)C1=Nc2ccccc2C1c1ccccc1. The third-order valence-corrected chi connectivity index (χ3v) is 3.35. The molecular formula is C16H12N2O2. The number of rotatable bonds is 3. The molecule has 4 nitrogen and oxygen atoms in total. The summed E-state index contributed by atoms with van der Waals surface area (Å²) >= 11 is 0. The lowest BCUT2D eigenvalue weighted by Gasteiger charge is -2.13. The molecule has 0 aromatic heterocycles. The number of hydrogen-bond donors (Lipinski definition) is 1. The molecule has 3 rings (SSSR count). The molecule has 1 amide bonds. The molecule has 0 aliphatic carbocycles. The fourth-order valence-corrected chi connectivity index (χ4v) is 2.47. The summed E-state index contributed by atoms with van der Waals surface area (Å²) in [5, 5.41) is 0. The summed E-state index contributed by atoms with van der Waals surface area (Å²) in [4.78, 5) is 27.5. The number of fused-ring (bicyclic) bond motifs is 1. The first-order valence-electron chi connectivity index (χ1n) is 6.25. The summed E-state index contributed by atoms with van der Waals surface area (Å²) in [7, 11) is 0. The van der Waals surface area contributed by atoms with Crippen molar-refractivity contribution in [3.05, 3.63) is 65.7 Å².